The minimum atomic E-state index is -0.174. The minimum absolute atomic E-state index is 0.0105. The van der Waals surface area contributed by atoms with Crippen molar-refractivity contribution >= 4 is 11.8 Å². The number of carbonyl (C=O) groups is 2. The summed E-state index contributed by atoms with van der Waals surface area (Å²) in [5.74, 6) is 1.16. The average Bonchev–Trinajstić information content (AvgIpc) is 2.52. The van der Waals surface area contributed by atoms with E-state index in [0.717, 1.165) is 31.7 Å². The van der Waals surface area contributed by atoms with Gasteiger partial charge in [0.1, 0.15) is 5.75 Å². The Kier molecular flexibility index (Phi) is 5.20. The molecule has 1 aromatic rings. The van der Waals surface area contributed by atoms with Gasteiger partial charge in [-0.25, -0.2) is 0 Å². The highest BCUT2D eigenvalue weighted by molar-refractivity contribution is 5.83. The Morgan fingerprint density at radius 2 is 1.95 bits per heavy atom. The molecular formula is C16H22N2O3. The Hall–Kier alpha value is -2.04. The molecule has 1 aliphatic heterocycles. The summed E-state index contributed by atoms with van der Waals surface area (Å²) in [7, 11) is 1.69. The molecule has 5 nitrogen and oxygen atoms in total. The van der Waals surface area contributed by atoms with Crippen LogP contribution in [0.4, 0.5) is 0 Å². The maximum atomic E-state index is 12.0. The number of carbonyl (C=O) groups excluding carboxylic acids is 2. The smallest absolute Gasteiger partial charge is 0.241 e. The van der Waals surface area contributed by atoms with Crippen LogP contribution in [0.5, 0.6) is 5.75 Å². The molecule has 0 aromatic heterocycles. The van der Waals surface area contributed by atoms with E-state index in [1.54, 1.807) is 7.11 Å². The zero-order chi connectivity index (χ0) is 15.2. The molecule has 1 saturated heterocycles. The number of para-hydroxylation sites is 1. The normalized spacial score (nSPS) is 15.6. The highest BCUT2D eigenvalue weighted by Gasteiger charge is 2.25. The molecule has 0 spiro atoms. The summed E-state index contributed by atoms with van der Waals surface area (Å²) in [4.78, 5) is 24.6. The van der Waals surface area contributed by atoms with Crippen molar-refractivity contribution in [1.29, 1.82) is 0 Å². The van der Waals surface area contributed by atoms with Crippen molar-refractivity contribution in [2.75, 3.05) is 26.7 Å². The van der Waals surface area contributed by atoms with Crippen LogP contribution in [0.25, 0.3) is 0 Å². The van der Waals surface area contributed by atoms with Crippen molar-refractivity contribution in [3.8, 4) is 5.75 Å². The molecule has 0 aliphatic carbocycles. The van der Waals surface area contributed by atoms with Gasteiger partial charge >= 0.3 is 0 Å². The first-order valence-corrected chi connectivity index (χ1v) is 7.27. The van der Waals surface area contributed by atoms with Crippen LogP contribution in [-0.4, -0.2) is 43.5 Å². The minimum Gasteiger partial charge on any atom is -0.496 e. The molecule has 0 saturated carbocycles. The lowest BCUT2D eigenvalue weighted by atomic mass is 9.89. The van der Waals surface area contributed by atoms with E-state index in [0.29, 0.717) is 5.92 Å². The zero-order valence-electron chi connectivity index (χ0n) is 12.6. The standard InChI is InChI=1S/C16H22N2O3/c1-12(19)17-11-16(20)18-9-7-13(8-10-18)14-5-3-4-6-15(14)21-2/h3-6,13H,7-11H2,1-2H3,(H,17,19). The van der Waals surface area contributed by atoms with Crippen molar-refractivity contribution in [3.63, 3.8) is 0 Å². The largest absolute Gasteiger partial charge is 0.496 e. The van der Waals surface area contributed by atoms with Crippen LogP contribution >= 0.6 is 0 Å². The number of methoxy groups -OCH3 is 1. The van der Waals surface area contributed by atoms with Crippen molar-refractivity contribution in [3.05, 3.63) is 29.8 Å². The van der Waals surface area contributed by atoms with E-state index in [9.17, 15) is 9.59 Å². The highest BCUT2D eigenvalue weighted by Crippen LogP contribution is 2.33. The van der Waals surface area contributed by atoms with Gasteiger partial charge < -0.3 is 15.0 Å². The third-order valence-electron chi connectivity index (χ3n) is 3.91. The summed E-state index contributed by atoms with van der Waals surface area (Å²) in [6.45, 7) is 2.96. The van der Waals surface area contributed by atoms with Gasteiger partial charge in [-0.05, 0) is 30.4 Å². The topological polar surface area (TPSA) is 58.6 Å². The molecule has 1 N–H and O–H groups in total. The van der Waals surface area contributed by atoms with Crippen molar-refractivity contribution in [1.82, 2.24) is 10.2 Å². The predicted molar refractivity (Wildman–Crippen MR) is 80.2 cm³/mol. The van der Waals surface area contributed by atoms with Crippen molar-refractivity contribution < 1.29 is 14.3 Å². The Morgan fingerprint density at radius 1 is 1.29 bits per heavy atom. The fraction of sp³-hybridized carbons (Fsp3) is 0.500. The van der Waals surface area contributed by atoms with E-state index in [4.69, 9.17) is 4.74 Å². The van der Waals surface area contributed by atoms with Crippen LogP contribution in [0.1, 0.15) is 31.2 Å². The summed E-state index contributed by atoms with van der Waals surface area (Å²) < 4.78 is 5.41. The number of ether oxygens (including phenoxy) is 1. The molecular weight excluding hydrogens is 268 g/mol. The Morgan fingerprint density at radius 3 is 2.57 bits per heavy atom. The van der Waals surface area contributed by atoms with Crippen LogP contribution < -0.4 is 10.1 Å². The summed E-state index contributed by atoms with van der Waals surface area (Å²) in [5, 5.41) is 2.55. The van der Waals surface area contributed by atoms with E-state index in [1.165, 1.54) is 12.5 Å². The fourth-order valence-corrected chi connectivity index (χ4v) is 2.76. The first-order chi connectivity index (χ1) is 10.1. The van der Waals surface area contributed by atoms with Crippen molar-refractivity contribution in [2.24, 2.45) is 0 Å². The number of amides is 2. The Labute approximate surface area is 125 Å². The van der Waals surface area contributed by atoms with Crippen LogP contribution in [-0.2, 0) is 9.59 Å². The van der Waals surface area contributed by atoms with Gasteiger partial charge in [-0.15, -0.1) is 0 Å². The fourth-order valence-electron chi connectivity index (χ4n) is 2.76. The maximum absolute atomic E-state index is 12.0. The SMILES string of the molecule is COc1ccccc1C1CCN(C(=O)CNC(C)=O)CC1. The number of benzene rings is 1. The van der Waals surface area contributed by atoms with Crippen LogP contribution in [0.2, 0.25) is 0 Å². The Balaban J connectivity index is 1.91. The van der Waals surface area contributed by atoms with E-state index < -0.39 is 0 Å². The maximum Gasteiger partial charge on any atom is 0.241 e. The molecule has 0 unspecified atom stereocenters. The number of piperidine rings is 1. The summed E-state index contributed by atoms with van der Waals surface area (Å²) >= 11 is 0. The molecule has 21 heavy (non-hydrogen) atoms. The first-order valence-electron chi connectivity index (χ1n) is 7.27. The number of likely N-dealkylation sites (tertiary alicyclic amines) is 1. The molecule has 0 bridgehead atoms. The van der Waals surface area contributed by atoms with Gasteiger partial charge in [0.25, 0.3) is 0 Å². The lowest BCUT2D eigenvalue weighted by Gasteiger charge is -2.32. The van der Waals surface area contributed by atoms with Gasteiger partial charge in [-0.2, -0.15) is 0 Å². The zero-order valence-corrected chi connectivity index (χ0v) is 12.6. The molecule has 1 fully saturated rings. The molecule has 1 aromatic carbocycles. The molecule has 2 amide bonds. The summed E-state index contributed by atoms with van der Waals surface area (Å²) in [5.41, 5.74) is 1.22. The molecule has 114 valence electrons. The Bertz CT molecular complexity index is 508. The number of hydrogen-bond acceptors (Lipinski definition) is 3. The monoisotopic (exact) mass is 290 g/mol. The van der Waals surface area contributed by atoms with Crippen molar-refractivity contribution in [2.45, 2.75) is 25.7 Å². The molecule has 5 heteroatoms. The van der Waals surface area contributed by atoms with Gasteiger partial charge in [-0.3, -0.25) is 9.59 Å². The van der Waals surface area contributed by atoms with E-state index in [2.05, 4.69) is 11.4 Å². The summed E-state index contributed by atoms with van der Waals surface area (Å²) in [6.07, 6.45) is 1.85. The number of rotatable bonds is 4. The number of nitrogens with zero attached hydrogens (tertiary/aromatic N) is 1. The van der Waals surface area contributed by atoms with E-state index in [1.807, 2.05) is 23.1 Å². The third-order valence-corrected chi connectivity index (χ3v) is 3.91. The first kappa shape index (κ1) is 15.4. The second kappa shape index (κ2) is 7.11. The molecule has 2 rings (SSSR count). The van der Waals surface area contributed by atoms with Crippen LogP contribution in [0.15, 0.2) is 24.3 Å². The lowest BCUT2D eigenvalue weighted by molar-refractivity contribution is -0.133. The second-order valence-corrected chi connectivity index (χ2v) is 5.31. The molecule has 1 heterocycles. The van der Waals surface area contributed by atoms with Gasteiger partial charge in [0.2, 0.25) is 11.8 Å². The predicted octanol–water partition coefficient (Wildman–Crippen LogP) is 1.54. The highest BCUT2D eigenvalue weighted by atomic mass is 16.5. The van der Waals surface area contributed by atoms with Crippen LogP contribution in [0, 0.1) is 0 Å². The number of nitrogens with one attached hydrogen (secondary N) is 1. The van der Waals surface area contributed by atoms with Gasteiger partial charge in [-0.1, -0.05) is 18.2 Å². The van der Waals surface area contributed by atoms with Gasteiger partial charge in [0, 0.05) is 20.0 Å². The third kappa shape index (κ3) is 3.97. The quantitative estimate of drug-likeness (QED) is 0.915. The molecule has 0 radical (unpaired) electrons. The lowest BCUT2D eigenvalue weighted by Crippen LogP contribution is -2.43. The van der Waals surface area contributed by atoms with Crippen LogP contribution in [0.3, 0.4) is 0 Å². The van der Waals surface area contributed by atoms with Gasteiger partial charge in [0.15, 0.2) is 0 Å². The van der Waals surface area contributed by atoms with Gasteiger partial charge in [0.05, 0.1) is 13.7 Å². The second-order valence-electron chi connectivity index (χ2n) is 5.31. The van der Waals surface area contributed by atoms with E-state index in [-0.39, 0.29) is 18.4 Å². The average molecular weight is 290 g/mol. The molecule has 0 atom stereocenters. The molecule has 1 aliphatic rings. The summed E-state index contributed by atoms with van der Waals surface area (Å²) in [6, 6.07) is 8.06. The van der Waals surface area contributed by atoms with E-state index >= 15 is 0 Å². The number of hydrogen-bond donors (Lipinski definition) is 1.